The van der Waals surface area contributed by atoms with Crippen molar-refractivity contribution < 1.29 is 9.47 Å². The summed E-state index contributed by atoms with van der Waals surface area (Å²) < 4.78 is 10.8. The highest BCUT2D eigenvalue weighted by Gasteiger charge is 2.25. The van der Waals surface area contributed by atoms with Gasteiger partial charge >= 0.3 is 0 Å². The number of nitrogens with two attached hydrogens (primary N) is 1. The standard InChI is InChI=1S/C14H23NO2/c1-10-12(16-4)7-6-11(13(10)17-5)14(2,3)8-9-15/h6-7H,8-9,15H2,1-5H3. The average Bonchev–Trinajstić information content (AvgIpc) is 2.28. The molecule has 3 heteroatoms. The van der Waals surface area contributed by atoms with Crippen molar-refractivity contribution in [2.24, 2.45) is 5.73 Å². The molecule has 0 aliphatic carbocycles. The first-order valence-electron chi connectivity index (χ1n) is 5.90. The Labute approximate surface area is 104 Å². The van der Waals surface area contributed by atoms with Crippen molar-refractivity contribution in [3.63, 3.8) is 0 Å². The van der Waals surface area contributed by atoms with Crippen molar-refractivity contribution in [3.8, 4) is 11.5 Å². The zero-order valence-electron chi connectivity index (χ0n) is 11.5. The van der Waals surface area contributed by atoms with Crippen LogP contribution in [-0.4, -0.2) is 20.8 Å². The lowest BCUT2D eigenvalue weighted by atomic mass is 9.80. The van der Waals surface area contributed by atoms with Crippen molar-refractivity contribution in [1.29, 1.82) is 0 Å². The van der Waals surface area contributed by atoms with Gasteiger partial charge in [-0.05, 0) is 31.4 Å². The molecule has 0 aliphatic rings. The normalized spacial score (nSPS) is 11.4. The van der Waals surface area contributed by atoms with Crippen LogP contribution in [0.1, 0.15) is 31.4 Å². The molecular weight excluding hydrogens is 214 g/mol. The first-order valence-corrected chi connectivity index (χ1v) is 5.90. The van der Waals surface area contributed by atoms with Gasteiger partial charge in [0.05, 0.1) is 14.2 Å². The third kappa shape index (κ3) is 2.72. The quantitative estimate of drug-likeness (QED) is 0.856. The Morgan fingerprint density at radius 1 is 1.18 bits per heavy atom. The van der Waals surface area contributed by atoms with E-state index in [-0.39, 0.29) is 5.41 Å². The summed E-state index contributed by atoms with van der Waals surface area (Å²) >= 11 is 0. The molecule has 0 saturated carbocycles. The molecule has 3 nitrogen and oxygen atoms in total. The maximum Gasteiger partial charge on any atom is 0.129 e. The lowest BCUT2D eigenvalue weighted by Crippen LogP contribution is -2.22. The first kappa shape index (κ1) is 13.8. The van der Waals surface area contributed by atoms with Crippen LogP contribution in [0.5, 0.6) is 11.5 Å². The Bertz CT molecular complexity index is 386. The summed E-state index contributed by atoms with van der Waals surface area (Å²) in [4.78, 5) is 0. The molecule has 0 heterocycles. The number of hydrogen-bond acceptors (Lipinski definition) is 3. The average molecular weight is 237 g/mol. The van der Waals surface area contributed by atoms with Crippen molar-refractivity contribution in [1.82, 2.24) is 0 Å². The minimum absolute atomic E-state index is 0.0110. The number of benzene rings is 1. The smallest absolute Gasteiger partial charge is 0.129 e. The minimum atomic E-state index is 0.0110. The topological polar surface area (TPSA) is 44.5 Å². The predicted molar refractivity (Wildman–Crippen MR) is 71.0 cm³/mol. The van der Waals surface area contributed by atoms with E-state index >= 15 is 0 Å². The third-order valence-electron chi connectivity index (χ3n) is 3.28. The molecule has 1 aromatic rings. The Morgan fingerprint density at radius 3 is 2.29 bits per heavy atom. The molecule has 1 rings (SSSR count). The van der Waals surface area contributed by atoms with Gasteiger partial charge in [-0.1, -0.05) is 19.9 Å². The van der Waals surface area contributed by atoms with Gasteiger partial charge in [0.2, 0.25) is 0 Å². The van der Waals surface area contributed by atoms with E-state index in [4.69, 9.17) is 15.2 Å². The lowest BCUT2D eigenvalue weighted by molar-refractivity contribution is 0.370. The van der Waals surface area contributed by atoms with Gasteiger partial charge in [0.1, 0.15) is 11.5 Å². The summed E-state index contributed by atoms with van der Waals surface area (Å²) in [7, 11) is 3.37. The van der Waals surface area contributed by atoms with E-state index in [9.17, 15) is 0 Å². The second-order valence-electron chi connectivity index (χ2n) is 4.90. The van der Waals surface area contributed by atoms with Gasteiger partial charge in [0.25, 0.3) is 0 Å². The fourth-order valence-electron chi connectivity index (χ4n) is 2.19. The monoisotopic (exact) mass is 237 g/mol. The Kier molecular flexibility index (Phi) is 4.40. The first-order chi connectivity index (χ1) is 7.97. The van der Waals surface area contributed by atoms with Crippen LogP contribution in [-0.2, 0) is 5.41 Å². The van der Waals surface area contributed by atoms with Crippen LogP contribution in [0.2, 0.25) is 0 Å². The fraction of sp³-hybridized carbons (Fsp3) is 0.571. The van der Waals surface area contributed by atoms with Crippen molar-refractivity contribution >= 4 is 0 Å². The molecule has 0 aliphatic heterocycles. The van der Waals surface area contributed by atoms with Gasteiger partial charge in [0.15, 0.2) is 0 Å². The largest absolute Gasteiger partial charge is 0.496 e. The number of rotatable bonds is 5. The molecule has 0 radical (unpaired) electrons. The van der Waals surface area contributed by atoms with E-state index in [0.29, 0.717) is 6.54 Å². The Hall–Kier alpha value is -1.22. The van der Waals surface area contributed by atoms with E-state index in [1.807, 2.05) is 13.0 Å². The number of methoxy groups -OCH3 is 2. The van der Waals surface area contributed by atoms with Gasteiger partial charge in [-0.15, -0.1) is 0 Å². The second-order valence-corrected chi connectivity index (χ2v) is 4.90. The molecule has 17 heavy (non-hydrogen) atoms. The molecule has 0 saturated heterocycles. The minimum Gasteiger partial charge on any atom is -0.496 e. The SMILES string of the molecule is COc1ccc(C(C)(C)CCN)c(OC)c1C. The van der Waals surface area contributed by atoms with Crippen LogP contribution >= 0.6 is 0 Å². The van der Waals surface area contributed by atoms with Gasteiger partial charge in [-0.2, -0.15) is 0 Å². The number of ether oxygens (including phenoxy) is 2. The molecule has 0 unspecified atom stereocenters. The second kappa shape index (κ2) is 5.41. The molecule has 0 aromatic heterocycles. The zero-order valence-corrected chi connectivity index (χ0v) is 11.5. The van der Waals surface area contributed by atoms with Crippen LogP contribution in [0.15, 0.2) is 12.1 Å². The van der Waals surface area contributed by atoms with Gasteiger partial charge in [-0.3, -0.25) is 0 Å². The van der Waals surface area contributed by atoms with E-state index in [1.54, 1.807) is 14.2 Å². The van der Waals surface area contributed by atoms with Gasteiger partial charge < -0.3 is 15.2 Å². The molecule has 0 atom stereocenters. The van der Waals surface area contributed by atoms with Crippen molar-refractivity contribution in [3.05, 3.63) is 23.3 Å². The van der Waals surface area contributed by atoms with Crippen LogP contribution < -0.4 is 15.2 Å². The Morgan fingerprint density at radius 2 is 1.82 bits per heavy atom. The maximum absolute atomic E-state index is 5.67. The summed E-state index contributed by atoms with van der Waals surface area (Å²) in [5.74, 6) is 1.76. The molecular formula is C14H23NO2. The van der Waals surface area contributed by atoms with E-state index < -0.39 is 0 Å². The summed E-state index contributed by atoms with van der Waals surface area (Å²) in [5, 5.41) is 0. The molecule has 2 N–H and O–H groups in total. The molecule has 0 bridgehead atoms. The lowest BCUT2D eigenvalue weighted by Gasteiger charge is -2.28. The summed E-state index contributed by atoms with van der Waals surface area (Å²) in [6.45, 7) is 7.05. The number of hydrogen-bond donors (Lipinski definition) is 1. The van der Waals surface area contributed by atoms with Gasteiger partial charge in [-0.25, -0.2) is 0 Å². The van der Waals surface area contributed by atoms with Crippen LogP contribution in [0.4, 0.5) is 0 Å². The van der Waals surface area contributed by atoms with Crippen LogP contribution in [0.3, 0.4) is 0 Å². The van der Waals surface area contributed by atoms with E-state index in [2.05, 4.69) is 19.9 Å². The highest BCUT2D eigenvalue weighted by molar-refractivity contribution is 5.51. The highest BCUT2D eigenvalue weighted by atomic mass is 16.5. The third-order valence-corrected chi connectivity index (χ3v) is 3.28. The van der Waals surface area contributed by atoms with Crippen molar-refractivity contribution in [2.45, 2.75) is 32.6 Å². The molecule has 0 spiro atoms. The molecule has 0 fully saturated rings. The highest BCUT2D eigenvalue weighted by Crippen LogP contribution is 2.39. The van der Waals surface area contributed by atoms with Crippen molar-refractivity contribution in [2.75, 3.05) is 20.8 Å². The van der Waals surface area contributed by atoms with Gasteiger partial charge in [0, 0.05) is 11.1 Å². The molecule has 0 amide bonds. The maximum atomic E-state index is 5.67. The van der Waals surface area contributed by atoms with Crippen LogP contribution in [0.25, 0.3) is 0 Å². The molecule has 96 valence electrons. The van der Waals surface area contributed by atoms with E-state index in [0.717, 1.165) is 23.5 Å². The summed E-state index contributed by atoms with van der Waals surface area (Å²) in [6.07, 6.45) is 0.926. The summed E-state index contributed by atoms with van der Waals surface area (Å²) in [6, 6.07) is 4.06. The molecule has 1 aromatic carbocycles. The zero-order chi connectivity index (χ0) is 13.1. The predicted octanol–water partition coefficient (Wildman–Crippen LogP) is 2.64. The fourth-order valence-corrected chi connectivity index (χ4v) is 2.19. The summed E-state index contributed by atoms with van der Waals surface area (Å²) in [5.41, 5.74) is 7.91. The van der Waals surface area contributed by atoms with E-state index in [1.165, 1.54) is 5.56 Å². The Balaban J connectivity index is 3.30. The van der Waals surface area contributed by atoms with Crippen LogP contribution in [0, 0.1) is 6.92 Å².